The van der Waals surface area contributed by atoms with Crippen molar-refractivity contribution in [1.82, 2.24) is 0 Å². The number of nitrogens with zero attached hydrogens (tertiary/aromatic N) is 2. The molecular formula is C65H56N2O. The van der Waals surface area contributed by atoms with Crippen LogP contribution in [0.5, 0.6) is 0 Å². The van der Waals surface area contributed by atoms with Gasteiger partial charge in [0.15, 0.2) is 0 Å². The molecular weight excluding hydrogens is 825 g/mol. The maximum Gasteiger partial charge on any atom is 0.240 e. The summed E-state index contributed by atoms with van der Waals surface area (Å²) < 4.78 is 0. The highest BCUT2D eigenvalue weighted by Crippen LogP contribution is 2.33. The van der Waals surface area contributed by atoms with Crippen molar-refractivity contribution in [3.63, 3.8) is 0 Å². The largest absolute Gasteiger partial charge is 0.311 e. The van der Waals surface area contributed by atoms with Crippen molar-refractivity contribution in [2.24, 2.45) is 4.99 Å². The third-order valence-electron chi connectivity index (χ3n) is 11.1. The minimum atomic E-state index is 0.534. The van der Waals surface area contributed by atoms with Crippen molar-refractivity contribution < 1.29 is 4.79 Å². The molecule has 3 nitrogen and oxygen atoms in total. The number of rotatable bonds is 17. The lowest BCUT2D eigenvalue weighted by Gasteiger charge is -2.29. The van der Waals surface area contributed by atoms with Crippen LogP contribution in [0.4, 0.5) is 11.4 Å². The Morgan fingerprint density at radius 2 is 0.971 bits per heavy atom. The Labute approximate surface area is 403 Å². The highest BCUT2D eigenvalue weighted by molar-refractivity contribution is 5.93. The molecule has 0 aliphatic heterocycles. The van der Waals surface area contributed by atoms with Crippen molar-refractivity contribution in [1.29, 1.82) is 0 Å². The second-order valence-electron chi connectivity index (χ2n) is 15.7. The van der Waals surface area contributed by atoms with E-state index in [0.717, 1.165) is 28.1 Å². The quantitative estimate of drug-likeness (QED) is 0.0395. The van der Waals surface area contributed by atoms with Crippen LogP contribution < -0.4 is 4.90 Å². The van der Waals surface area contributed by atoms with Crippen molar-refractivity contribution in [3.8, 4) is 11.1 Å². The summed E-state index contributed by atoms with van der Waals surface area (Å²) in [5.41, 5.74) is 17.6. The van der Waals surface area contributed by atoms with Gasteiger partial charge < -0.3 is 4.90 Å². The third kappa shape index (κ3) is 13.3. The molecule has 0 atom stereocenters. The van der Waals surface area contributed by atoms with Gasteiger partial charge in [-0.15, -0.1) is 0 Å². The molecule has 0 aliphatic carbocycles. The van der Waals surface area contributed by atoms with Gasteiger partial charge in [0.25, 0.3) is 0 Å². The number of anilines is 1. The Kier molecular flexibility index (Phi) is 17.8. The molecule has 7 rings (SSSR count). The average molecular weight is 881 g/mol. The lowest BCUT2D eigenvalue weighted by molar-refractivity contribution is 0.565. The second kappa shape index (κ2) is 25.0. The first-order chi connectivity index (χ1) is 33.2. The summed E-state index contributed by atoms with van der Waals surface area (Å²) in [6.45, 7) is 24.0. The van der Waals surface area contributed by atoms with E-state index in [1.807, 2.05) is 61.3 Å². The summed E-state index contributed by atoms with van der Waals surface area (Å²) in [5, 5.41) is 0. The molecule has 3 heteroatoms. The van der Waals surface area contributed by atoms with Crippen molar-refractivity contribution in [2.45, 2.75) is 13.8 Å². The van der Waals surface area contributed by atoms with E-state index in [0.29, 0.717) is 11.4 Å². The number of isocyanates is 1. The van der Waals surface area contributed by atoms with Gasteiger partial charge in [-0.05, 0) is 123 Å². The zero-order chi connectivity index (χ0) is 48.1. The van der Waals surface area contributed by atoms with Crippen molar-refractivity contribution >= 4 is 46.8 Å². The molecule has 7 aromatic carbocycles. The van der Waals surface area contributed by atoms with Crippen LogP contribution in [0.1, 0.15) is 52.8 Å². The summed E-state index contributed by atoms with van der Waals surface area (Å²) in [7, 11) is 0. The monoisotopic (exact) mass is 880 g/mol. The van der Waals surface area contributed by atoms with Gasteiger partial charge in [-0.25, -0.2) is 4.79 Å². The second-order valence-corrected chi connectivity index (χ2v) is 15.7. The lowest BCUT2D eigenvalue weighted by Crippen LogP contribution is -2.22. The lowest BCUT2D eigenvalue weighted by atomic mass is 9.94. The van der Waals surface area contributed by atoms with Crippen LogP contribution in [0, 0.1) is 0 Å². The first-order valence-corrected chi connectivity index (χ1v) is 22.4. The highest BCUT2D eigenvalue weighted by atomic mass is 16.1. The number of hydrogen-bond acceptors (Lipinski definition) is 3. The molecule has 0 bridgehead atoms. The van der Waals surface area contributed by atoms with Gasteiger partial charge in [0.05, 0.1) is 5.69 Å². The standard InChI is InChI=1S/C42H32.C23H24N2O/c1-2-32-18-28-40(29-19-32)42(39-16-10-5-11-17-39)31-34-22-26-36(27-23-34)35-24-20-33(21-25-35)30-41(37-12-6-3-7-13-37)38-14-8-4-9-15-38;1-7-9-11-18(3)20(5)25(21(6)19(4)12-10-8-2)23-15-13-22(14-16-23)24-17-26/h2-31H,1H2;7-16H,1,3,5-6H2,2,4H3/b42-31+;10-8-,11-9-,19-12+. The van der Waals surface area contributed by atoms with Gasteiger partial charge in [0.1, 0.15) is 0 Å². The summed E-state index contributed by atoms with van der Waals surface area (Å²) in [6, 6.07) is 65.1. The van der Waals surface area contributed by atoms with Gasteiger partial charge in [0.2, 0.25) is 6.08 Å². The number of hydrogen-bond donors (Lipinski definition) is 0. The number of aliphatic imine (C=N–C) groups is 1. The molecule has 0 heterocycles. The number of allylic oxidation sites excluding steroid dienone is 7. The highest BCUT2D eigenvalue weighted by Gasteiger charge is 2.17. The Morgan fingerprint density at radius 1 is 0.529 bits per heavy atom. The Hall–Kier alpha value is -8.88. The minimum absolute atomic E-state index is 0.534. The van der Waals surface area contributed by atoms with Crippen LogP contribution >= 0.6 is 0 Å². The molecule has 0 fully saturated rings. The number of benzene rings is 7. The van der Waals surface area contributed by atoms with Crippen LogP contribution in [0.25, 0.3) is 40.5 Å². The molecule has 332 valence electrons. The van der Waals surface area contributed by atoms with E-state index in [4.69, 9.17) is 0 Å². The molecule has 0 saturated heterocycles. The molecule has 0 spiro atoms. The van der Waals surface area contributed by atoms with Crippen LogP contribution in [0.3, 0.4) is 0 Å². The molecule has 0 amide bonds. The van der Waals surface area contributed by atoms with E-state index >= 15 is 0 Å². The zero-order valence-corrected chi connectivity index (χ0v) is 38.9. The van der Waals surface area contributed by atoms with Gasteiger partial charge in [-0.2, -0.15) is 4.99 Å². The topological polar surface area (TPSA) is 32.7 Å². The smallest absolute Gasteiger partial charge is 0.240 e. The van der Waals surface area contributed by atoms with E-state index < -0.39 is 0 Å². The predicted octanol–water partition coefficient (Wildman–Crippen LogP) is 17.5. The van der Waals surface area contributed by atoms with Gasteiger partial charge in [0, 0.05) is 17.1 Å². The molecule has 7 aromatic rings. The molecule has 0 N–H and O–H groups in total. The van der Waals surface area contributed by atoms with E-state index in [-0.39, 0.29) is 0 Å². The molecule has 0 aliphatic rings. The molecule has 68 heavy (non-hydrogen) atoms. The maximum atomic E-state index is 10.4. The fourth-order valence-corrected chi connectivity index (χ4v) is 7.34. The molecule has 0 aromatic heterocycles. The van der Waals surface area contributed by atoms with Crippen molar-refractivity contribution in [2.75, 3.05) is 4.90 Å². The molecule has 0 unspecified atom stereocenters. The summed E-state index contributed by atoms with van der Waals surface area (Å²) in [6.07, 6.45) is 19.2. The Morgan fingerprint density at radius 3 is 1.38 bits per heavy atom. The summed E-state index contributed by atoms with van der Waals surface area (Å²) >= 11 is 0. The molecule has 0 saturated carbocycles. The number of carbonyl (C=O) groups excluding carboxylic acids is 1. The summed E-state index contributed by atoms with van der Waals surface area (Å²) in [4.78, 5) is 16.0. The minimum Gasteiger partial charge on any atom is -0.311 e. The van der Waals surface area contributed by atoms with Gasteiger partial charge >= 0.3 is 0 Å². The first-order valence-electron chi connectivity index (χ1n) is 22.4. The maximum absolute atomic E-state index is 10.4. The van der Waals surface area contributed by atoms with Crippen LogP contribution in [-0.4, -0.2) is 6.08 Å². The van der Waals surface area contributed by atoms with Crippen LogP contribution in [-0.2, 0) is 4.79 Å². The van der Waals surface area contributed by atoms with Crippen LogP contribution in [0.2, 0.25) is 0 Å². The average Bonchev–Trinajstić information content (AvgIpc) is 3.40. The Balaban J connectivity index is 0.000000253. The fraction of sp³-hybridized carbons (Fsp3) is 0.0308. The SMILES string of the molecule is C=C/C=C\C(=C)C(=C)N(C(=C)/C(C)=C/C=C\C)c1ccc(N=C=O)cc1.C=Cc1ccc(/C(=C/c2ccc(-c3ccc(C=C(c4ccccc4)c4ccccc4)cc3)cc2)c2ccccc2)cc1. The third-order valence-corrected chi connectivity index (χ3v) is 11.1. The van der Waals surface area contributed by atoms with E-state index in [9.17, 15) is 4.79 Å². The van der Waals surface area contributed by atoms with Crippen molar-refractivity contribution in [3.05, 3.63) is 319 Å². The zero-order valence-electron chi connectivity index (χ0n) is 38.9. The molecule has 0 radical (unpaired) electrons. The van der Waals surface area contributed by atoms with Gasteiger partial charge in [-0.3, -0.25) is 0 Å². The van der Waals surface area contributed by atoms with E-state index in [2.05, 4.69) is 214 Å². The normalized spacial score (nSPS) is 11.1. The van der Waals surface area contributed by atoms with E-state index in [1.165, 1.54) is 61.7 Å². The predicted molar refractivity (Wildman–Crippen MR) is 294 cm³/mol. The van der Waals surface area contributed by atoms with E-state index in [1.54, 1.807) is 24.3 Å². The van der Waals surface area contributed by atoms with Gasteiger partial charge in [-0.1, -0.05) is 239 Å². The van der Waals surface area contributed by atoms with Crippen LogP contribution in [0.15, 0.2) is 285 Å². The fourth-order valence-electron chi connectivity index (χ4n) is 7.34. The first kappa shape index (κ1) is 48.6. The summed E-state index contributed by atoms with van der Waals surface area (Å²) in [5.74, 6) is 0. The Bertz CT molecular complexity index is 2990.